The van der Waals surface area contributed by atoms with E-state index in [2.05, 4.69) is 5.32 Å². The highest BCUT2D eigenvalue weighted by Gasteiger charge is 2.19. The van der Waals surface area contributed by atoms with Crippen LogP contribution in [0.1, 0.15) is 15.9 Å². The normalized spacial score (nSPS) is 10.4. The topological polar surface area (TPSA) is 84.9 Å². The number of anilines is 1. The fraction of sp³-hybridized carbons (Fsp3) is 0.208. The molecule has 3 aromatic rings. The molecule has 0 heterocycles. The number of rotatable bonds is 7. The number of benzene rings is 3. The van der Waals surface area contributed by atoms with Gasteiger partial charge in [-0.05, 0) is 42.0 Å². The second-order valence-electron chi connectivity index (χ2n) is 7.14. The van der Waals surface area contributed by atoms with Gasteiger partial charge in [-0.15, -0.1) is 0 Å². The summed E-state index contributed by atoms with van der Waals surface area (Å²) in [4.78, 5) is 38.2. The number of aryl methyl sites for hydroxylation is 1. The Labute approximate surface area is 180 Å². The Morgan fingerprint density at radius 1 is 0.968 bits per heavy atom. The van der Waals surface area contributed by atoms with E-state index in [0.717, 1.165) is 16.3 Å². The molecule has 0 atom stereocenters. The van der Waals surface area contributed by atoms with Gasteiger partial charge in [0.25, 0.3) is 5.91 Å². The van der Waals surface area contributed by atoms with Crippen LogP contribution in [0.3, 0.4) is 0 Å². The molecule has 0 saturated heterocycles. The molecule has 0 aromatic heterocycles. The van der Waals surface area contributed by atoms with E-state index in [1.54, 1.807) is 24.3 Å². The molecule has 31 heavy (non-hydrogen) atoms. The number of nitrogens with one attached hydrogen (secondary N) is 1. The van der Waals surface area contributed by atoms with Crippen LogP contribution in [0.25, 0.3) is 10.8 Å². The second kappa shape index (κ2) is 9.75. The number of fused-ring (bicyclic) bond motifs is 1. The zero-order valence-electron chi connectivity index (χ0n) is 17.7. The Morgan fingerprint density at radius 3 is 2.26 bits per heavy atom. The predicted octanol–water partition coefficient (Wildman–Crippen LogP) is 3.41. The maximum atomic E-state index is 12.5. The van der Waals surface area contributed by atoms with Gasteiger partial charge in [-0.1, -0.05) is 42.0 Å². The van der Waals surface area contributed by atoms with Crippen LogP contribution in [-0.4, -0.2) is 50.0 Å². The van der Waals surface area contributed by atoms with E-state index in [-0.39, 0.29) is 18.0 Å². The summed E-state index contributed by atoms with van der Waals surface area (Å²) < 4.78 is 10.5. The molecule has 3 rings (SSSR count). The third-order valence-electron chi connectivity index (χ3n) is 4.76. The molecule has 160 valence electrons. The van der Waals surface area contributed by atoms with Gasteiger partial charge in [0.1, 0.15) is 11.3 Å². The number of carbonyl (C=O) groups excluding carboxylic acids is 3. The fourth-order valence-corrected chi connectivity index (χ4v) is 3.00. The zero-order valence-corrected chi connectivity index (χ0v) is 17.7. The molecule has 0 aliphatic heterocycles. The quantitative estimate of drug-likeness (QED) is 0.592. The number of hydrogen-bond donors (Lipinski definition) is 1. The van der Waals surface area contributed by atoms with Gasteiger partial charge in [-0.3, -0.25) is 9.59 Å². The summed E-state index contributed by atoms with van der Waals surface area (Å²) in [5.74, 6) is -1.15. The van der Waals surface area contributed by atoms with E-state index in [0.29, 0.717) is 11.4 Å². The molecule has 0 spiro atoms. The third-order valence-corrected chi connectivity index (χ3v) is 4.76. The first-order valence-electron chi connectivity index (χ1n) is 9.72. The first-order chi connectivity index (χ1) is 14.9. The molecule has 0 unspecified atom stereocenters. The number of methoxy groups -OCH3 is 1. The highest BCUT2D eigenvalue weighted by atomic mass is 16.5. The molecule has 0 aliphatic carbocycles. The molecule has 3 aromatic carbocycles. The van der Waals surface area contributed by atoms with Crippen molar-refractivity contribution in [2.75, 3.05) is 32.6 Å². The van der Waals surface area contributed by atoms with Crippen molar-refractivity contribution in [2.45, 2.75) is 6.92 Å². The zero-order chi connectivity index (χ0) is 22.4. The number of nitrogens with zero attached hydrogens (tertiary/aromatic N) is 1. The van der Waals surface area contributed by atoms with Gasteiger partial charge in [0.05, 0.1) is 13.7 Å². The van der Waals surface area contributed by atoms with Crippen molar-refractivity contribution in [3.05, 3.63) is 71.8 Å². The lowest BCUT2D eigenvalue weighted by Gasteiger charge is -2.17. The van der Waals surface area contributed by atoms with Gasteiger partial charge in [-0.25, -0.2) is 4.79 Å². The van der Waals surface area contributed by atoms with E-state index in [1.165, 1.54) is 19.1 Å². The standard InChI is InChI=1S/C24H24N2O5/c1-16-8-10-19(11-9-16)25-22(27)14-26(2)23(28)15-31-24(29)20-12-17-6-4-5-7-18(17)13-21(20)30-3/h4-13H,14-15H2,1-3H3,(H,25,27). The molecular weight excluding hydrogens is 396 g/mol. The molecular formula is C24H24N2O5. The maximum Gasteiger partial charge on any atom is 0.342 e. The van der Waals surface area contributed by atoms with Crippen molar-refractivity contribution < 1.29 is 23.9 Å². The van der Waals surface area contributed by atoms with Gasteiger partial charge in [-0.2, -0.15) is 0 Å². The van der Waals surface area contributed by atoms with Gasteiger partial charge in [0, 0.05) is 12.7 Å². The van der Waals surface area contributed by atoms with E-state index in [9.17, 15) is 14.4 Å². The maximum absolute atomic E-state index is 12.5. The number of esters is 1. The van der Waals surface area contributed by atoms with Crippen molar-refractivity contribution >= 4 is 34.2 Å². The Balaban J connectivity index is 1.57. The van der Waals surface area contributed by atoms with E-state index < -0.39 is 18.5 Å². The van der Waals surface area contributed by atoms with Crippen molar-refractivity contribution in [1.82, 2.24) is 4.90 Å². The van der Waals surface area contributed by atoms with Crippen LogP contribution in [0, 0.1) is 6.92 Å². The molecule has 0 bridgehead atoms. The third kappa shape index (κ3) is 5.60. The molecule has 0 radical (unpaired) electrons. The lowest BCUT2D eigenvalue weighted by molar-refractivity contribution is -0.136. The second-order valence-corrected chi connectivity index (χ2v) is 7.14. The molecule has 2 amide bonds. The lowest BCUT2D eigenvalue weighted by atomic mass is 10.1. The van der Waals surface area contributed by atoms with Crippen LogP contribution in [0.2, 0.25) is 0 Å². The number of likely N-dealkylation sites (N-methyl/N-ethyl adjacent to an activating group) is 1. The van der Waals surface area contributed by atoms with Crippen LogP contribution >= 0.6 is 0 Å². The van der Waals surface area contributed by atoms with Crippen molar-refractivity contribution in [3.63, 3.8) is 0 Å². The molecule has 0 fully saturated rings. The predicted molar refractivity (Wildman–Crippen MR) is 118 cm³/mol. The molecule has 7 nitrogen and oxygen atoms in total. The number of carbonyl (C=O) groups is 3. The van der Waals surface area contributed by atoms with Gasteiger partial charge < -0.3 is 19.7 Å². The van der Waals surface area contributed by atoms with E-state index in [4.69, 9.17) is 9.47 Å². The van der Waals surface area contributed by atoms with Gasteiger partial charge in [0.15, 0.2) is 6.61 Å². The van der Waals surface area contributed by atoms with Crippen LogP contribution in [0.5, 0.6) is 5.75 Å². The Morgan fingerprint density at radius 2 is 1.61 bits per heavy atom. The minimum atomic E-state index is -0.673. The average molecular weight is 420 g/mol. The first-order valence-corrected chi connectivity index (χ1v) is 9.72. The summed E-state index contributed by atoms with van der Waals surface area (Å²) in [6.07, 6.45) is 0. The number of hydrogen-bond acceptors (Lipinski definition) is 5. The van der Waals surface area contributed by atoms with Gasteiger partial charge in [0.2, 0.25) is 5.91 Å². The molecule has 7 heteroatoms. The van der Waals surface area contributed by atoms with E-state index >= 15 is 0 Å². The summed E-state index contributed by atoms with van der Waals surface area (Å²) in [5, 5.41) is 4.50. The summed E-state index contributed by atoms with van der Waals surface area (Å²) in [6, 6.07) is 18.3. The van der Waals surface area contributed by atoms with Crippen molar-refractivity contribution in [2.24, 2.45) is 0 Å². The fourth-order valence-electron chi connectivity index (χ4n) is 3.00. The van der Waals surface area contributed by atoms with Crippen molar-refractivity contribution in [3.8, 4) is 5.75 Å². The average Bonchev–Trinajstić information content (AvgIpc) is 2.77. The minimum absolute atomic E-state index is 0.163. The van der Waals surface area contributed by atoms with Crippen LogP contribution in [0.4, 0.5) is 5.69 Å². The van der Waals surface area contributed by atoms with E-state index in [1.807, 2.05) is 43.3 Å². The van der Waals surface area contributed by atoms with Crippen LogP contribution in [0.15, 0.2) is 60.7 Å². The lowest BCUT2D eigenvalue weighted by Crippen LogP contribution is -2.37. The molecule has 0 aliphatic rings. The first kappa shape index (κ1) is 21.8. The Kier molecular flexibility index (Phi) is 6.87. The highest BCUT2D eigenvalue weighted by Crippen LogP contribution is 2.26. The Bertz CT molecular complexity index is 1110. The summed E-state index contributed by atoms with van der Waals surface area (Å²) in [7, 11) is 2.94. The molecule has 1 N–H and O–H groups in total. The number of ether oxygens (including phenoxy) is 2. The van der Waals surface area contributed by atoms with Crippen molar-refractivity contribution in [1.29, 1.82) is 0 Å². The van der Waals surface area contributed by atoms with Gasteiger partial charge >= 0.3 is 5.97 Å². The Hall–Kier alpha value is -3.87. The summed E-state index contributed by atoms with van der Waals surface area (Å²) in [5.41, 5.74) is 1.95. The smallest absolute Gasteiger partial charge is 0.342 e. The molecule has 0 saturated carbocycles. The van der Waals surface area contributed by atoms with Crippen LogP contribution < -0.4 is 10.1 Å². The highest BCUT2D eigenvalue weighted by molar-refractivity contribution is 6.00. The summed E-state index contributed by atoms with van der Waals surface area (Å²) in [6.45, 7) is 1.31. The monoisotopic (exact) mass is 420 g/mol. The minimum Gasteiger partial charge on any atom is -0.496 e. The van der Waals surface area contributed by atoms with Crippen LogP contribution in [-0.2, 0) is 14.3 Å². The number of amides is 2. The SMILES string of the molecule is COc1cc2ccccc2cc1C(=O)OCC(=O)N(C)CC(=O)Nc1ccc(C)cc1. The largest absolute Gasteiger partial charge is 0.496 e. The summed E-state index contributed by atoms with van der Waals surface area (Å²) >= 11 is 0.